The molecule has 0 aromatic heterocycles. The van der Waals surface area contributed by atoms with Crippen LogP contribution in [0.25, 0.3) is 0 Å². The predicted octanol–water partition coefficient (Wildman–Crippen LogP) is 1.58. The van der Waals surface area contributed by atoms with Crippen molar-refractivity contribution in [3.05, 3.63) is 29.8 Å². The smallest absolute Gasteiger partial charge is 0.242 e. The highest BCUT2D eigenvalue weighted by Gasteiger charge is 2.19. The lowest BCUT2D eigenvalue weighted by Crippen LogP contribution is -2.34. The Kier molecular flexibility index (Phi) is 10.1. The van der Waals surface area contributed by atoms with Crippen molar-refractivity contribution in [2.24, 2.45) is 0 Å². The van der Waals surface area contributed by atoms with Crippen LogP contribution in [0.2, 0.25) is 0 Å². The number of carbonyl (C=O) groups is 1. The van der Waals surface area contributed by atoms with Crippen LogP contribution in [0.15, 0.2) is 29.2 Å². The first-order valence-corrected chi connectivity index (χ1v) is 9.25. The van der Waals surface area contributed by atoms with Crippen molar-refractivity contribution in [1.29, 1.82) is 0 Å². The fraction of sp³-hybridized carbons (Fsp3) is 0.562. The topological polar surface area (TPSA) is 78.5 Å². The third-order valence-electron chi connectivity index (χ3n) is 3.58. The molecular weight excluding hydrogens is 350 g/mol. The second-order valence-electron chi connectivity index (χ2n) is 5.62. The molecule has 8 heteroatoms. The van der Waals surface area contributed by atoms with E-state index in [-0.39, 0.29) is 29.1 Å². The minimum Gasteiger partial charge on any atom is -0.354 e. The summed E-state index contributed by atoms with van der Waals surface area (Å²) in [5.74, 6) is -0.385. The maximum Gasteiger partial charge on any atom is 0.242 e. The van der Waals surface area contributed by atoms with Gasteiger partial charge in [-0.1, -0.05) is 19.1 Å². The maximum absolute atomic E-state index is 12.1. The molecule has 1 atom stereocenters. The zero-order valence-electron chi connectivity index (χ0n) is 14.7. The van der Waals surface area contributed by atoms with Crippen LogP contribution in [0.1, 0.15) is 31.7 Å². The second-order valence-corrected chi connectivity index (χ2v) is 7.77. The second kappa shape index (κ2) is 10.7. The molecule has 1 unspecified atom stereocenters. The Labute approximate surface area is 151 Å². The van der Waals surface area contributed by atoms with Gasteiger partial charge in [0.15, 0.2) is 0 Å². The van der Waals surface area contributed by atoms with E-state index in [9.17, 15) is 13.2 Å². The van der Waals surface area contributed by atoms with Gasteiger partial charge in [0.05, 0.1) is 10.8 Å². The minimum absolute atomic E-state index is 0. The largest absolute Gasteiger partial charge is 0.354 e. The van der Waals surface area contributed by atoms with Gasteiger partial charge >= 0.3 is 0 Å². The lowest BCUT2D eigenvalue weighted by molar-refractivity contribution is -0.122. The fourth-order valence-electron chi connectivity index (χ4n) is 2.02. The summed E-state index contributed by atoms with van der Waals surface area (Å²) < 4.78 is 25.2. The van der Waals surface area contributed by atoms with E-state index in [1.54, 1.807) is 12.1 Å². The number of hydrogen-bond donors (Lipinski definition) is 2. The Balaban J connectivity index is 0.00000529. The van der Waals surface area contributed by atoms with E-state index in [2.05, 4.69) is 17.6 Å². The van der Waals surface area contributed by atoms with Gasteiger partial charge in [-0.05, 0) is 37.6 Å². The summed E-state index contributed by atoms with van der Waals surface area (Å²) in [5, 5.41) is 6.09. The van der Waals surface area contributed by atoms with Crippen LogP contribution in [0.5, 0.6) is 0 Å². The molecule has 24 heavy (non-hydrogen) atoms. The van der Waals surface area contributed by atoms with E-state index in [1.165, 1.54) is 30.5 Å². The number of nitrogens with one attached hydrogen (secondary N) is 2. The highest BCUT2D eigenvalue weighted by atomic mass is 35.5. The Hall–Kier alpha value is -1.15. The Morgan fingerprint density at radius 1 is 1.12 bits per heavy atom. The molecule has 0 spiro atoms. The van der Waals surface area contributed by atoms with Gasteiger partial charge in [-0.25, -0.2) is 12.7 Å². The average molecular weight is 378 g/mol. The number of nitrogens with zero attached hydrogens (tertiary/aromatic N) is 1. The van der Waals surface area contributed by atoms with Gasteiger partial charge in [0.2, 0.25) is 15.9 Å². The lowest BCUT2D eigenvalue weighted by atomic mass is 10.0. The summed E-state index contributed by atoms with van der Waals surface area (Å²) in [4.78, 5) is 12.3. The Morgan fingerprint density at radius 2 is 1.71 bits per heavy atom. The fourth-order valence-corrected chi connectivity index (χ4v) is 2.92. The first-order valence-electron chi connectivity index (χ1n) is 7.81. The number of sulfonamides is 1. The van der Waals surface area contributed by atoms with Gasteiger partial charge in [-0.3, -0.25) is 4.79 Å². The van der Waals surface area contributed by atoms with Crippen LogP contribution in [-0.4, -0.2) is 52.4 Å². The van der Waals surface area contributed by atoms with Crippen LogP contribution >= 0.6 is 12.4 Å². The molecule has 0 bridgehead atoms. The van der Waals surface area contributed by atoms with Crippen LogP contribution in [-0.2, 0) is 14.8 Å². The lowest BCUT2D eigenvalue weighted by Gasteiger charge is -2.15. The molecule has 1 aromatic carbocycles. The molecule has 1 aromatic rings. The van der Waals surface area contributed by atoms with Gasteiger partial charge in [0.1, 0.15) is 0 Å². The van der Waals surface area contributed by atoms with Crippen molar-refractivity contribution in [3.8, 4) is 0 Å². The molecule has 6 nitrogen and oxygen atoms in total. The number of halogens is 1. The standard InChI is InChI=1S/C16H27N3O3S.ClH/c1-5-10-17-11-12-18-16(20)13(2)14-6-8-15(9-7-14)23(21,22)19(3)4;/h6-9,13,17H,5,10-12H2,1-4H3,(H,18,20);1H. The van der Waals surface area contributed by atoms with Gasteiger partial charge in [0.25, 0.3) is 0 Å². The first-order chi connectivity index (χ1) is 10.8. The average Bonchev–Trinajstić information content (AvgIpc) is 2.53. The molecule has 0 saturated carbocycles. The third-order valence-corrected chi connectivity index (χ3v) is 5.41. The molecule has 0 aliphatic heterocycles. The summed E-state index contributed by atoms with van der Waals surface area (Å²) >= 11 is 0. The molecular formula is C16H28ClN3O3S. The molecule has 1 rings (SSSR count). The highest BCUT2D eigenvalue weighted by molar-refractivity contribution is 7.89. The molecule has 0 radical (unpaired) electrons. The number of hydrogen-bond acceptors (Lipinski definition) is 4. The number of amides is 1. The number of carbonyl (C=O) groups excluding carboxylic acids is 1. The van der Waals surface area contributed by atoms with Gasteiger partial charge in [-0.2, -0.15) is 0 Å². The van der Waals surface area contributed by atoms with Gasteiger partial charge in [0, 0.05) is 27.2 Å². The summed E-state index contributed by atoms with van der Waals surface area (Å²) in [6.07, 6.45) is 1.06. The van der Waals surface area contributed by atoms with Gasteiger partial charge < -0.3 is 10.6 Å². The molecule has 1 amide bonds. The SMILES string of the molecule is CCCNCCNC(=O)C(C)c1ccc(S(=O)(=O)N(C)C)cc1.Cl. The van der Waals surface area contributed by atoms with Crippen LogP contribution in [0.4, 0.5) is 0 Å². The Bertz CT molecular complexity index is 603. The van der Waals surface area contributed by atoms with E-state index < -0.39 is 10.0 Å². The number of rotatable bonds is 9. The molecule has 0 heterocycles. The van der Waals surface area contributed by atoms with Crippen molar-refractivity contribution in [2.45, 2.75) is 31.1 Å². The van der Waals surface area contributed by atoms with Crippen LogP contribution in [0, 0.1) is 0 Å². The molecule has 0 aliphatic rings. The molecule has 2 N–H and O–H groups in total. The summed E-state index contributed by atoms with van der Waals surface area (Å²) in [6, 6.07) is 6.46. The normalized spacial score (nSPS) is 12.5. The van der Waals surface area contributed by atoms with E-state index in [0.717, 1.165) is 25.1 Å². The van der Waals surface area contributed by atoms with Crippen molar-refractivity contribution in [2.75, 3.05) is 33.7 Å². The zero-order chi connectivity index (χ0) is 17.5. The van der Waals surface area contributed by atoms with E-state index in [4.69, 9.17) is 0 Å². The quantitative estimate of drug-likeness (QED) is 0.640. The molecule has 138 valence electrons. The molecule has 0 aliphatic carbocycles. The van der Waals surface area contributed by atoms with E-state index in [0.29, 0.717) is 6.54 Å². The van der Waals surface area contributed by atoms with E-state index in [1.807, 2.05) is 6.92 Å². The Morgan fingerprint density at radius 3 is 2.21 bits per heavy atom. The minimum atomic E-state index is -3.44. The van der Waals surface area contributed by atoms with Crippen LogP contribution < -0.4 is 10.6 Å². The zero-order valence-corrected chi connectivity index (χ0v) is 16.3. The summed E-state index contributed by atoms with van der Waals surface area (Å²) in [6.45, 7) is 6.16. The molecule has 0 saturated heterocycles. The first kappa shape index (κ1) is 22.9. The monoisotopic (exact) mass is 377 g/mol. The third kappa shape index (κ3) is 6.39. The predicted molar refractivity (Wildman–Crippen MR) is 99.1 cm³/mol. The molecule has 0 fully saturated rings. The van der Waals surface area contributed by atoms with Crippen molar-refractivity contribution in [3.63, 3.8) is 0 Å². The highest BCUT2D eigenvalue weighted by Crippen LogP contribution is 2.19. The van der Waals surface area contributed by atoms with Crippen molar-refractivity contribution in [1.82, 2.24) is 14.9 Å². The van der Waals surface area contributed by atoms with Crippen molar-refractivity contribution >= 4 is 28.3 Å². The maximum atomic E-state index is 12.1. The van der Waals surface area contributed by atoms with Gasteiger partial charge in [-0.15, -0.1) is 12.4 Å². The van der Waals surface area contributed by atoms with E-state index >= 15 is 0 Å². The summed E-state index contributed by atoms with van der Waals surface area (Å²) in [5.41, 5.74) is 0.793. The number of benzene rings is 1. The van der Waals surface area contributed by atoms with Crippen LogP contribution in [0.3, 0.4) is 0 Å². The summed E-state index contributed by atoms with van der Waals surface area (Å²) in [7, 11) is -0.454. The van der Waals surface area contributed by atoms with Crippen molar-refractivity contribution < 1.29 is 13.2 Å².